The molecule has 0 bridgehead atoms. The highest BCUT2D eigenvalue weighted by Gasteiger charge is 2.09. The molecule has 0 spiro atoms. The minimum absolute atomic E-state index is 0.0641. The summed E-state index contributed by atoms with van der Waals surface area (Å²) in [7, 11) is 0. The van der Waals surface area contributed by atoms with E-state index in [9.17, 15) is 0 Å². The molecule has 0 atom stereocenters. The second kappa shape index (κ2) is 10.00. The summed E-state index contributed by atoms with van der Waals surface area (Å²) in [5.74, 6) is 0. The molecule has 0 saturated heterocycles. The van der Waals surface area contributed by atoms with Crippen LogP contribution >= 0.6 is 15.9 Å². The Balaban J connectivity index is 1.78. The molecule has 136 valence electrons. The summed E-state index contributed by atoms with van der Waals surface area (Å²) in [6.45, 7) is 8.23. The number of rotatable bonds is 9. The summed E-state index contributed by atoms with van der Waals surface area (Å²) in [5.41, 5.74) is 3.62. The average molecular weight is 407 g/mol. The van der Waals surface area contributed by atoms with Gasteiger partial charge in [0.05, 0.1) is 35.0 Å². The quantitative estimate of drug-likeness (QED) is 0.426. The Labute approximate surface area is 159 Å². The van der Waals surface area contributed by atoms with E-state index in [1.165, 1.54) is 0 Å². The summed E-state index contributed by atoms with van der Waals surface area (Å²) in [4.78, 5) is 9.25. The lowest BCUT2D eigenvalue weighted by molar-refractivity contribution is -0.00768. The number of unbranched alkanes of at least 4 members (excludes halogenated alkanes) is 1. The lowest BCUT2D eigenvalue weighted by atomic mass is 10.2. The van der Waals surface area contributed by atoms with Crippen molar-refractivity contribution in [2.45, 2.75) is 51.2 Å². The van der Waals surface area contributed by atoms with Gasteiger partial charge in [0.2, 0.25) is 0 Å². The van der Waals surface area contributed by atoms with E-state index in [2.05, 4.69) is 46.7 Å². The van der Waals surface area contributed by atoms with Crippen LogP contribution in [0.3, 0.4) is 0 Å². The van der Waals surface area contributed by atoms with Crippen LogP contribution in [-0.4, -0.2) is 28.8 Å². The molecule has 4 nitrogen and oxygen atoms in total. The van der Waals surface area contributed by atoms with E-state index in [0.29, 0.717) is 6.61 Å². The van der Waals surface area contributed by atoms with Crippen LogP contribution in [0.1, 0.15) is 45.0 Å². The Morgan fingerprint density at radius 3 is 2.12 bits per heavy atom. The van der Waals surface area contributed by atoms with Crippen LogP contribution in [-0.2, 0) is 21.4 Å². The maximum Gasteiger partial charge on any atom is 0.0890 e. The number of nitrogens with zero attached hydrogens (tertiary/aromatic N) is 2. The number of hydrogen-bond acceptors (Lipinski definition) is 4. The van der Waals surface area contributed by atoms with Gasteiger partial charge in [-0.25, -0.2) is 4.98 Å². The lowest BCUT2D eigenvalue weighted by Crippen LogP contribution is -2.19. The highest BCUT2D eigenvalue weighted by Crippen LogP contribution is 2.16. The standard InChI is InChI=1S/C20H27BrN2O2/c1-20(2,3)25-13-5-4-12-24-15-17-9-7-11-19(23-17)18-10-6-8-16(14-21)22-18/h6-11H,4-5,12-15H2,1-3H3. The van der Waals surface area contributed by atoms with Crippen molar-refractivity contribution in [2.24, 2.45) is 0 Å². The molecule has 0 aliphatic rings. The van der Waals surface area contributed by atoms with Crippen molar-refractivity contribution < 1.29 is 9.47 Å². The van der Waals surface area contributed by atoms with Gasteiger partial charge < -0.3 is 9.47 Å². The zero-order valence-electron chi connectivity index (χ0n) is 15.3. The van der Waals surface area contributed by atoms with Gasteiger partial charge >= 0.3 is 0 Å². The Kier molecular flexibility index (Phi) is 8.00. The number of aromatic nitrogens is 2. The Bertz CT molecular complexity index is 656. The van der Waals surface area contributed by atoms with Crippen LogP contribution < -0.4 is 0 Å². The first kappa shape index (κ1) is 20.0. The second-order valence-corrected chi connectivity index (χ2v) is 7.44. The molecular formula is C20H27BrN2O2. The van der Waals surface area contributed by atoms with Crippen LogP contribution in [0.15, 0.2) is 36.4 Å². The Morgan fingerprint density at radius 2 is 1.48 bits per heavy atom. The first-order valence-electron chi connectivity index (χ1n) is 8.68. The molecule has 0 amide bonds. The van der Waals surface area contributed by atoms with Crippen molar-refractivity contribution >= 4 is 15.9 Å². The van der Waals surface area contributed by atoms with Gasteiger partial charge in [0.1, 0.15) is 0 Å². The smallest absolute Gasteiger partial charge is 0.0890 e. The third kappa shape index (κ3) is 7.63. The molecule has 2 rings (SSSR count). The minimum Gasteiger partial charge on any atom is -0.376 e. The summed E-state index contributed by atoms with van der Waals surface area (Å²) >= 11 is 3.44. The molecule has 25 heavy (non-hydrogen) atoms. The summed E-state index contributed by atoms with van der Waals surface area (Å²) in [6.07, 6.45) is 2.00. The van der Waals surface area contributed by atoms with Crippen molar-refractivity contribution in [2.75, 3.05) is 13.2 Å². The number of alkyl halides is 1. The van der Waals surface area contributed by atoms with Crippen LogP contribution in [0.5, 0.6) is 0 Å². The van der Waals surface area contributed by atoms with Gasteiger partial charge in [-0.2, -0.15) is 0 Å². The van der Waals surface area contributed by atoms with Gasteiger partial charge in [-0.15, -0.1) is 0 Å². The van der Waals surface area contributed by atoms with Gasteiger partial charge in [0.25, 0.3) is 0 Å². The Hall–Kier alpha value is -1.30. The number of ether oxygens (including phenoxy) is 2. The minimum atomic E-state index is -0.0641. The molecule has 2 aromatic rings. The van der Waals surface area contributed by atoms with Crippen molar-refractivity contribution in [1.29, 1.82) is 0 Å². The van der Waals surface area contributed by atoms with Gasteiger partial charge in [-0.05, 0) is 57.9 Å². The molecule has 0 aliphatic heterocycles. The summed E-state index contributed by atoms with van der Waals surface area (Å²) in [6, 6.07) is 11.9. The zero-order valence-corrected chi connectivity index (χ0v) is 16.9. The number of pyridine rings is 2. The fourth-order valence-electron chi connectivity index (χ4n) is 2.26. The molecule has 0 aromatic carbocycles. The lowest BCUT2D eigenvalue weighted by Gasteiger charge is -2.19. The first-order chi connectivity index (χ1) is 12.0. The van der Waals surface area contributed by atoms with Crippen LogP contribution in [0.25, 0.3) is 11.4 Å². The molecule has 2 heterocycles. The van der Waals surface area contributed by atoms with Crippen molar-refractivity contribution in [3.8, 4) is 11.4 Å². The monoisotopic (exact) mass is 406 g/mol. The van der Waals surface area contributed by atoms with Crippen molar-refractivity contribution in [3.05, 3.63) is 47.8 Å². The third-order valence-corrected chi connectivity index (χ3v) is 4.06. The number of halogens is 1. The van der Waals surface area contributed by atoms with E-state index in [0.717, 1.165) is 54.2 Å². The average Bonchev–Trinajstić information content (AvgIpc) is 2.60. The van der Waals surface area contributed by atoms with Gasteiger partial charge in [-0.1, -0.05) is 28.1 Å². The molecule has 0 N–H and O–H groups in total. The molecule has 0 aliphatic carbocycles. The summed E-state index contributed by atoms with van der Waals surface area (Å²) < 4.78 is 11.4. The zero-order chi connectivity index (χ0) is 18.1. The fraction of sp³-hybridized carbons (Fsp3) is 0.500. The topological polar surface area (TPSA) is 44.2 Å². The molecule has 0 unspecified atom stereocenters. The van der Waals surface area contributed by atoms with Crippen molar-refractivity contribution in [1.82, 2.24) is 9.97 Å². The van der Waals surface area contributed by atoms with Crippen LogP contribution in [0.4, 0.5) is 0 Å². The van der Waals surface area contributed by atoms with E-state index in [4.69, 9.17) is 9.47 Å². The van der Waals surface area contributed by atoms with E-state index in [1.54, 1.807) is 0 Å². The predicted molar refractivity (Wildman–Crippen MR) is 105 cm³/mol. The first-order valence-corrected chi connectivity index (χ1v) is 9.80. The van der Waals surface area contributed by atoms with E-state index in [1.807, 2.05) is 36.4 Å². The molecule has 0 fully saturated rings. The fourth-order valence-corrected chi connectivity index (χ4v) is 2.57. The highest BCUT2D eigenvalue weighted by atomic mass is 79.9. The Morgan fingerprint density at radius 1 is 0.880 bits per heavy atom. The largest absolute Gasteiger partial charge is 0.376 e. The van der Waals surface area contributed by atoms with Gasteiger partial charge in [-0.3, -0.25) is 4.98 Å². The summed E-state index contributed by atoms with van der Waals surface area (Å²) in [5, 5.41) is 0.739. The van der Waals surface area contributed by atoms with Crippen molar-refractivity contribution in [3.63, 3.8) is 0 Å². The molecule has 0 saturated carbocycles. The normalized spacial score (nSPS) is 11.7. The van der Waals surface area contributed by atoms with Crippen LogP contribution in [0, 0.1) is 0 Å². The van der Waals surface area contributed by atoms with Gasteiger partial charge in [0, 0.05) is 18.5 Å². The highest BCUT2D eigenvalue weighted by molar-refractivity contribution is 9.08. The molecule has 5 heteroatoms. The molecule has 0 radical (unpaired) electrons. The van der Waals surface area contributed by atoms with E-state index < -0.39 is 0 Å². The SMILES string of the molecule is CC(C)(C)OCCCCOCc1cccc(-c2cccc(CBr)n2)n1. The molecular weight excluding hydrogens is 380 g/mol. The van der Waals surface area contributed by atoms with Gasteiger partial charge in [0.15, 0.2) is 0 Å². The third-order valence-electron chi connectivity index (χ3n) is 3.48. The maximum atomic E-state index is 5.74. The maximum absolute atomic E-state index is 5.74. The second-order valence-electron chi connectivity index (χ2n) is 6.88. The van der Waals surface area contributed by atoms with Crippen LogP contribution in [0.2, 0.25) is 0 Å². The predicted octanol–water partition coefficient (Wildman–Crippen LogP) is 5.15. The van der Waals surface area contributed by atoms with E-state index >= 15 is 0 Å². The number of hydrogen-bond donors (Lipinski definition) is 0. The molecule has 2 aromatic heterocycles. The van der Waals surface area contributed by atoms with E-state index in [-0.39, 0.29) is 5.60 Å².